The highest BCUT2D eigenvalue weighted by atomic mass is 127. The number of hydrogen-bond donors (Lipinski definition) is 1. The number of thioether (sulfide) groups is 1. The predicted molar refractivity (Wildman–Crippen MR) is 82.6 cm³/mol. The molecule has 1 aromatic carbocycles. The van der Waals surface area contributed by atoms with Crippen LogP contribution in [-0.4, -0.2) is 22.6 Å². The molecule has 0 saturated heterocycles. The number of aromatic nitrogens is 2. The first kappa shape index (κ1) is 14.4. The van der Waals surface area contributed by atoms with Crippen molar-refractivity contribution in [3.63, 3.8) is 0 Å². The van der Waals surface area contributed by atoms with E-state index in [0.29, 0.717) is 18.3 Å². The number of benzene rings is 1. The van der Waals surface area contributed by atoms with E-state index in [4.69, 9.17) is 9.15 Å². The van der Waals surface area contributed by atoms with Crippen LogP contribution in [0.2, 0.25) is 0 Å². The second-order valence-corrected chi connectivity index (χ2v) is 5.96. The van der Waals surface area contributed by atoms with Crippen LogP contribution in [0.5, 0.6) is 5.75 Å². The van der Waals surface area contributed by atoms with E-state index in [1.807, 2.05) is 24.3 Å². The van der Waals surface area contributed by atoms with Crippen molar-refractivity contribution in [2.45, 2.75) is 12.2 Å². The van der Waals surface area contributed by atoms with Gasteiger partial charge in [0.25, 0.3) is 0 Å². The van der Waals surface area contributed by atoms with Crippen LogP contribution in [0.25, 0.3) is 0 Å². The summed E-state index contributed by atoms with van der Waals surface area (Å²) in [7, 11) is 0. The number of H-pyrrole nitrogens is 1. The molecule has 0 spiro atoms. The molecule has 0 radical (unpaired) electrons. The summed E-state index contributed by atoms with van der Waals surface area (Å²) in [5, 5.41) is 5.97. The van der Waals surface area contributed by atoms with Gasteiger partial charge in [0, 0.05) is 0 Å². The van der Waals surface area contributed by atoms with E-state index in [0.717, 1.165) is 21.5 Å². The smallest absolute Gasteiger partial charge is 0.434 e. The van der Waals surface area contributed by atoms with E-state index in [1.54, 1.807) is 11.8 Å². The Morgan fingerprint density at radius 1 is 1.42 bits per heavy atom. The van der Waals surface area contributed by atoms with Crippen LogP contribution in [0.4, 0.5) is 0 Å². The molecular formula is C12H13IN2O3S. The number of para-hydroxylation sites is 1. The maximum atomic E-state index is 10.7. The summed E-state index contributed by atoms with van der Waals surface area (Å²) in [5.41, 5.74) is 0. The zero-order chi connectivity index (χ0) is 13.5. The summed E-state index contributed by atoms with van der Waals surface area (Å²) in [5.74, 6) is 2.39. The molecular weight excluding hydrogens is 379 g/mol. The maximum Gasteiger partial charge on any atom is 0.434 e. The largest absolute Gasteiger partial charge is 0.492 e. The second kappa shape index (κ2) is 7.59. The van der Waals surface area contributed by atoms with Crippen LogP contribution in [0.1, 0.15) is 12.3 Å². The molecule has 0 atom stereocenters. The topological polar surface area (TPSA) is 68.1 Å². The Hall–Kier alpha value is -0.960. The Morgan fingerprint density at radius 3 is 3.00 bits per heavy atom. The third-order valence-electron chi connectivity index (χ3n) is 2.24. The normalized spacial score (nSPS) is 10.6. The van der Waals surface area contributed by atoms with E-state index in [1.165, 1.54) is 0 Å². The summed E-state index contributed by atoms with van der Waals surface area (Å²) in [4.78, 5) is 10.7. The van der Waals surface area contributed by atoms with Gasteiger partial charge in [-0.15, -0.1) is 5.10 Å². The molecule has 1 N–H and O–H groups in total. The third kappa shape index (κ3) is 4.90. The number of aromatic amines is 1. The Bertz CT molecular complexity index is 570. The van der Waals surface area contributed by atoms with Gasteiger partial charge in [0.15, 0.2) is 0 Å². The van der Waals surface area contributed by atoms with Crippen molar-refractivity contribution in [3.05, 3.63) is 44.3 Å². The minimum atomic E-state index is -0.502. The van der Waals surface area contributed by atoms with Gasteiger partial charge in [-0.1, -0.05) is 12.1 Å². The fourth-order valence-electron chi connectivity index (χ4n) is 1.39. The van der Waals surface area contributed by atoms with Crippen molar-refractivity contribution in [1.82, 2.24) is 10.2 Å². The summed E-state index contributed by atoms with van der Waals surface area (Å²) in [6, 6.07) is 7.94. The monoisotopic (exact) mass is 392 g/mol. The molecule has 0 saturated carbocycles. The highest BCUT2D eigenvalue weighted by molar-refractivity contribution is 14.1. The molecule has 5 nitrogen and oxygen atoms in total. The highest BCUT2D eigenvalue weighted by Gasteiger charge is 2.02. The molecule has 1 heterocycles. The van der Waals surface area contributed by atoms with Crippen molar-refractivity contribution >= 4 is 34.4 Å². The average molecular weight is 392 g/mol. The van der Waals surface area contributed by atoms with Gasteiger partial charge in [0.05, 0.1) is 15.9 Å². The summed E-state index contributed by atoms with van der Waals surface area (Å²) in [6.07, 6.45) is 0.935. The van der Waals surface area contributed by atoms with Gasteiger partial charge in [0.1, 0.15) is 5.75 Å². The van der Waals surface area contributed by atoms with Gasteiger partial charge in [0.2, 0.25) is 5.89 Å². The SMILES string of the molecule is O=c1[nH]nc(CSCCCOc2ccccc2I)o1. The molecule has 0 fully saturated rings. The molecule has 0 bridgehead atoms. The molecule has 2 aromatic rings. The van der Waals surface area contributed by atoms with Gasteiger partial charge < -0.3 is 9.15 Å². The van der Waals surface area contributed by atoms with Gasteiger partial charge in [-0.05, 0) is 46.9 Å². The fourth-order valence-corrected chi connectivity index (χ4v) is 2.69. The molecule has 7 heteroatoms. The molecule has 2 rings (SSSR count). The number of nitrogens with zero attached hydrogens (tertiary/aromatic N) is 1. The third-order valence-corrected chi connectivity index (χ3v) is 4.15. The van der Waals surface area contributed by atoms with Gasteiger partial charge in [-0.2, -0.15) is 11.8 Å². The van der Waals surface area contributed by atoms with Gasteiger partial charge in [-0.3, -0.25) is 0 Å². The predicted octanol–water partition coefficient (Wildman–Crippen LogP) is 2.67. The second-order valence-electron chi connectivity index (χ2n) is 3.69. The zero-order valence-electron chi connectivity index (χ0n) is 10.1. The first-order valence-corrected chi connectivity index (χ1v) is 7.98. The van der Waals surface area contributed by atoms with E-state index in [9.17, 15) is 4.79 Å². The van der Waals surface area contributed by atoms with Crippen LogP contribution < -0.4 is 10.5 Å². The molecule has 0 aliphatic carbocycles. The summed E-state index contributed by atoms with van der Waals surface area (Å²) < 4.78 is 11.6. The summed E-state index contributed by atoms with van der Waals surface area (Å²) in [6.45, 7) is 0.678. The minimum Gasteiger partial charge on any atom is -0.492 e. The van der Waals surface area contributed by atoms with E-state index >= 15 is 0 Å². The van der Waals surface area contributed by atoms with Crippen molar-refractivity contribution in [3.8, 4) is 5.75 Å². The van der Waals surface area contributed by atoms with Crippen molar-refractivity contribution in [2.24, 2.45) is 0 Å². The van der Waals surface area contributed by atoms with Gasteiger partial charge in [-0.25, -0.2) is 9.89 Å². The molecule has 0 aliphatic rings. The number of rotatable bonds is 7. The van der Waals surface area contributed by atoms with Crippen molar-refractivity contribution in [1.29, 1.82) is 0 Å². The lowest BCUT2D eigenvalue weighted by Crippen LogP contribution is -2.00. The first-order chi connectivity index (χ1) is 9.25. The fraction of sp³-hybridized carbons (Fsp3) is 0.333. The Labute approximate surface area is 128 Å². The quantitative estimate of drug-likeness (QED) is 0.580. The van der Waals surface area contributed by atoms with Crippen LogP contribution in [0.3, 0.4) is 0 Å². The molecule has 102 valence electrons. The average Bonchev–Trinajstić information content (AvgIpc) is 2.81. The van der Waals surface area contributed by atoms with E-state index in [2.05, 4.69) is 32.8 Å². The summed E-state index contributed by atoms with van der Waals surface area (Å²) >= 11 is 3.92. The number of hydrogen-bond acceptors (Lipinski definition) is 5. The minimum absolute atomic E-state index is 0.438. The lowest BCUT2D eigenvalue weighted by Gasteiger charge is -2.07. The lowest BCUT2D eigenvalue weighted by atomic mass is 10.3. The molecule has 0 aliphatic heterocycles. The highest BCUT2D eigenvalue weighted by Crippen LogP contribution is 2.20. The van der Waals surface area contributed by atoms with Gasteiger partial charge >= 0.3 is 5.76 Å². The Balaban J connectivity index is 1.60. The number of halogens is 1. The van der Waals surface area contributed by atoms with Crippen LogP contribution in [0.15, 0.2) is 33.5 Å². The van der Waals surface area contributed by atoms with Crippen LogP contribution in [-0.2, 0) is 5.75 Å². The molecule has 1 aromatic heterocycles. The Kier molecular flexibility index (Phi) is 5.77. The molecule has 19 heavy (non-hydrogen) atoms. The number of ether oxygens (including phenoxy) is 1. The van der Waals surface area contributed by atoms with Crippen LogP contribution >= 0.6 is 34.4 Å². The Morgan fingerprint density at radius 2 is 2.26 bits per heavy atom. The maximum absolute atomic E-state index is 10.7. The molecule has 0 amide bonds. The number of nitrogens with one attached hydrogen (secondary N) is 1. The van der Waals surface area contributed by atoms with E-state index in [-0.39, 0.29) is 0 Å². The standard InChI is InChI=1S/C12H13IN2O3S/c13-9-4-1-2-5-10(9)17-6-3-7-19-8-11-14-15-12(16)18-11/h1-2,4-5H,3,6-8H2,(H,15,16). The van der Waals surface area contributed by atoms with Crippen LogP contribution in [0, 0.1) is 3.57 Å². The first-order valence-electron chi connectivity index (χ1n) is 5.75. The zero-order valence-corrected chi connectivity index (χ0v) is 13.1. The van der Waals surface area contributed by atoms with E-state index < -0.39 is 5.76 Å². The molecule has 0 unspecified atom stereocenters. The van der Waals surface area contributed by atoms with Crippen molar-refractivity contribution in [2.75, 3.05) is 12.4 Å². The van der Waals surface area contributed by atoms with Crippen molar-refractivity contribution < 1.29 is 9.15 Å². The lowest BCUT2D eigenvalue weighted by molar-refractivity contribution is 0.316.